The fourth-order valence-corrected chi connectivity index (χ4v) is 2.94. The van der Waals surface area contributed by atoms with Gasteiger partial charge in [-0.2, -0.15) is 0 Å². The molecule has 2 rings (SSSR count). The number of hydrogen-bond acceptors (Lipinski definition) is 2. The van der Waals surface area contributed by atoms with E-state index in [0.29, 0.717) is 5.02 Å². The van der Waals surface area contributed by atoms with Gasteiger partial charge < -0.3 is 4.90 Å². The topological polar surface area (TPSA) is 16.1 Å². The van der Waals surface area contributed by atoms with Crippen LogP contribution in [0.2, 0.25) is 10.0 Å². The molecule has 0 bridgehead atoms. The van der Waals surface area contributed by atoms with Crippen LogP contribution in [0.3, 0.4) is 0 Å². The largest absolute Gasteiger partial charge is 0.366 e. The molecule has 0 saturated carbocycles. The summed E-state index contributed by atoms with van der Waals surface area (Å²) in [6, 6.07) is 6.70. The normalized spacial score (nSPS) is 12.5. The molecule has 0 saturated heterocycles. The average Bonchev–Trinajstić information content (AvgIpc) is 2.45. The second kappa shape index (κ2) is 6.63. The Hall–Kier alpha value is -1.32. The molecule has 0 spiro atoms. The quantitative estimate of drug-likeness (QED) is 0.703. The molecular weight excluding hydrogens is 310 g/mol. The third kappa shape index (κ3) is 3.47. The Morgan fingerprint density at radius 1 is 1.19 bits per heavy atom. The smallest absolute Gasteiger partial charge is 0.143 e. The summed E-state index contributed by atoms with van der Waals surface area (Å²) in [5, 5.41) is 0.464. The summed E-state index contributed by atoms with van der Waals surface area (Å²) in [6.07, 6.45) is 3.51. The number of halogens is 3. The molecule has 0 radical (unpaired) electrons. The molecular formula is C16H17Cl2FN2. The highest BCUT2D eigenvalue weighted by molar-refractivity contribution is 6.33. The molecule has 1 aromatic heterocycles. The Balaban J connectivity index is 2.47. The molecule has 0 aliphatic rings. The first kappa shape index (κ1) is 16.1. The van der Waals surface area contributed by atoms with E-state index in [2.05, 4.69) is 23.7 Å². The lowest BCUT2D eigenvalue weighted by Crippen LogP contribution is -2.28. The van der Waals surface area contributed by atoms with Gasteiger partial charge in [0.15, 0.2) is 0 Å². The van der Waals surface area contributed by atoms with Crippen LogP contribution in [0.15, 0.2) is 36.7 Å². The van der Waals surface area contributed by atoms with Crippen LogP contribution in [0.5, 0.6) is 0 Å². The van der Waals surface area contributed by atoms with Gasteiger partial charge in [0.1, 0.15) is 5.82 Å². The van der Waals surface area contributed by atoms with E-state index in [0.717, 1.165) is 11.3 Å². The Morgan fingerprint density at radius 3 is 2.48 bits per heavy atom. The summed E-state index contributed by atoms with van der Waals surface area (Å²) in [5.41, 5.74) is 1.78. The highest BCUT2D eigenvalue weighted by Gasteiger charge is 2.25. The van der Waals surface area contributed by atoms with Crippen LogP contribution in [0, 0.1) is 11.7 Å². The summed E-state index contributed by atoms with van der Waals surface area (Å²) in [6.45, 7) is 4.18. The number of nitrogens with zero attached hydrogens (tertiary/aromatic N) is 2. The van der Waals surface area contributed by atoms with Gasteiger partial charge in [0.25, 0.3) is 0 Å². The van der Waals surface area contributed by atoms with Crippen molar-refractivity contribution < 1.29 is 4.39 Å². The Morgan fingerprint density at radius 2 is 1.90 bits per heavy atom. The molecule has 1 heterocycles. The Bertz CT molecular complexity index is 617. The van der Waals surface area contributed by atoms with Crippen LogP contribution >= 0.6 is 23.2 Å². The number of pyridine rings is 1. The maximum absolute atomic E-state index is 13.5. The maximum Gasteiger partial charge on any atom is 0.143 e. The van der Waals surface area contributed by atoms with Crippen molar-refractivity contribution in [2.24, 2.45) is 5.92 Å². The van der Waals surface area contributed by atoms with Gasteiger partial charge in [-0.05, 0) is 35.7 Å². The molecule has 5 heteroatoms. The Labute approximate surface area is 134 Å². The molecule has 1 aromatic carbocycles. The molecule has 0 aliphatic heterocycles. The molecule has 2 aromatic rings. The second-order valence-corrected chi connectivity index (χ2v) is 6.11. The summed E-state index contributed by atoms with van der Waals surface area (Å²) >= 11 is 12.2. The fourth-order valence-electron chi connectivity index (χ4n) is 2.50. The standard InChI is InChI=1S/C16H17Cl2FN2/c1-10(2)16(21(3)11-5-4-6-20-9-11)12-7-14(18)15(19)8-13(12)17/h4-10,16H,1-3H3. The van der Waals surface area contributed by atoms with Crippen molar-refractivity contribution in [2.75, 3.05) is 11.9 Å². The number of anilines is 1. The second-order valence-electron chi connectivity index (χ2n) is 5.30. The molecule has 0 N–H and O–H groups in total. The van der Waals surface area contributed by atoms with Gasteiger partial charge in [-0.3, -0.25) is 4.98 Å². The van der Waals surface area contributed by atoms with Gasteiger partial charge >= 0.3 is 0 Å². The van der Waals surface area contributed by atoms with E-state index in [1.54, 1.807) is 18.5 Å². The Kier molecular flexibility index (Phi) is 5.07. The minimum atomic E-state index is -0.503. The monoisotopic (exact) mass is 326 g/mol. The molecule has 0 aliphatic carbocycles. The van der Waals surface area contributed by atoms with Crippen molar-refractivity contribution in [3.8, 4) is 0 Å². The van der Waals surface area contributed by atoms with Crippen molar-refractivity contribution in [3.05, 3.63) is 58.1 Å². The molecule has 0 fully saturated rings. The molecule has 2 nitrogen and oxygen atoms in total. The van der Waals surface area contributed by atoms with Gasteiger partial charge in [0.05, 0.1) is 22.9 Å². The SMILES string of the molecule is CC(C)C(c1cc(Cl)c(F)cc1Cl)N(C)c1cccnc1. The fraction of sp³-hybridized carbons (Fsp3) is 0.312. The number of hydrogen-bond donors (Lipinski definition) is 0. The van der Waals surface area contributed by atoms with E-state index in [-0.39, 0.29) is 17.0 Å². The molecule has 0 amide bonds. The lowest BCUT2D eigenvalue weighted by atomic mass is 9.94. The van der Waals surface area contributed by atoms with Crippen molar-refractivity contribution in [1.82, 2.24) is 4.98 Å². The van der Waals surface area contributed by atoms with Crippen LogP contribution < -0.4 is 4.90 Å². The third-order valence-electron chi connectivity index (χ3n) is 3.46. The minimum absolute atomic E-state index is 0.0280. The highest BCUT2D eigenvalue weighted by atomic mass is 35.5. The number of aromatic nitrogens is 1. The van der Waals surface area contributed by atoms with E-state index in [9.17, 15) is 4.39 Å². The van der Waals surface area contributed by atoms with Crippen LogP contribution in [0.1, 0.15) is 25.5 Å². The summed E-state index contributed by atoms with van der Waals surface area (Å²) < 4.78 is 13.5. The zero-order chi connectivity index (χ0) is 15.6. The van der Waals surface area contributed by atoms with E-state index in [4.69, 9.17) is 23.2 Å². The summed E-state index contributed by atoms with van der Waals surface area (Å²) in [5.74, 6) is -0.244. The van der Waals surface area contributed by atoms with Crippen LogP contribution in [0.25, 0.3) is 0 Å². The zero-order valence-corrected chi connectivity index (χ0v) is 13.7. The van der Waals surface area contributed by atoms with E-state index in [1.807, 2.05) is 19.2 Å². The van der Waals surface area contributed by atoms with Gasteiger partial charge in [-0.15, -0.1) is 0 Å². The van der Waals surface area contributed by atoms with Crippen LogP contribution in [-0.4, -0.2) is 12.0 Å². The van der Waals surface area contributed by atoms with Crippen molar-refractivity contribution in [1.29, 1.82) is 0 Å². The maximum atomic E-state index is 13.5. The lowest BCUT2D eigenvalue weighted by Gasteiger charge is -2.34. The first-order chi connectivity index (χ1) is 9.91. The molecule has 21 heavy (non-hydrogen) atoms. The minimum Gasteiger partial charge on any atom is -0.366 e. The summed E-state index contributed by atoms with van der Waals surface area (Å²) in [7, 11) is 1.97. The van der Waals surface area contributed by atoms with Gasteiger partial charge in [0, 0.05) is 18.3 Å². The first-order valence-electron chi connectivity index (χ1n) is 6.69. The molecule has 1 unspecified atom stereocenters. The van der Waals surface area contributed by atoms with Crippen molar-refractivity contribution in [2.45, 2.75) is 19.9 Å². The van der Waals surface area contributed by atoms with E-state index >= 15 is 0 Å². The average molecular weight is 327 g/mol. The predicted molar refractivity (Wildman–Crippen MR) is 86.6 cm³/mol. The van der Waals surface area contributed by atoms with E-state index in [1.165, 1.54) is 6.07 Å². The predicted octanol–water partition coefficient (Wildman–Crippen LogP) is 5.36. The molecule has 1 atom stereocenters. The zero-order valence-electron chi connectivity index (χ0n) is 12.1. The molecule has 112 valence electrons. The van der Waals surface area contributed by atoms with E-state index < -0.39 is 5.82 Å². The van der Waals surface area contributed by atoms with Crippen molar-refractivity contribution in [3.63, 3.8) is 0 Å². The number of benzene rings is 1. The highest BCUT2D eigenvalue weighted by Crippen LogP contribution is 2.37. The van der Waals surface area contributed by atoms with Gasteiger partial charge in [-0.25, -0.2) is 4.39 Å². The van der Waals surface area contributed by atoms with Crippen LogP contribution in [-0.2, 0) is 0 Å². The van der Waals surface area contributed by atoms with Gasteiger partial charge in [-0.1, -0.05) is 37.0 Å². The third-order valence-corrected chi connectivity index (χ3v) is 4.08. The van der Waals surface area contributed by atoms with Crippen molar-refractivity contribution >= 4 is 28.9 Å². The number of rotatable bonds is 4. The van der Waals surface area contributed by atoms with Gasteiger partial charge in [0.2, 0.25) is 0 Å². The first-order valence-corrected chi connectivity index (χ1v) is 7.44. The summed E-state index contributed by atoms with van der Waals surface area (Å²) in [4.78, 5) is 6.21. The lowest BCUT2D eigenvalue weighted by molar-refractivity contribution is 0.489. The van der Waals surface area contributed by atoms with Crippen LogP contribution in [0.4, 0.5) is 10.1 Å².